The van der Waals surface area contributed by atoms with E-state index in [4.69, 9.17) is 9.47 Å². The summed E-state index contributed by atoms with van der Waals surface area (Å²) in [6, 6.07) is 53.8. The zero-order valence-corrected chi connectivity index (χ0v) is 42.1. The number of benzene rings is 3. The van der Waals surface area contributed by atoms with Gasteiger partial charge in [-0.25, -0.2) is 9.59 Å². The third-order valence-electron chi connectivity index (χ3n) is 13.0. The number of rotatable bonds is 10. The van der Waals surface area contributed by atoms with Crippen molar-refractivity contribution in [2.24, 2.45) is 0 Å². The van der Waals surface area contributed by atoms with Gasteiger partial charge >= 0.3 is 11.9 Å². The van der Waals surface area contributed by atoms with Crippen molar-refractivity contribution in [3.63, 3.8) is 0 Å². The third kappa shape index (κ3) is 10.0. The molecule has 12 nitrogen and oxygen atoms in total. The first-order valence-electron chi connectivity index (χ1n) is 23.6. The minimum Gasteiger partial charge on any atom is -0.465 e. The van der Waals surface area contributed by atoms with E-state index in [2.05, 4.69) is 24.3 Å². The maximum Gasteiger partial charge on any atom is 0.338 e. The van der Waals surface area contributed by atoms with E-state index >= 15 is 0 Å². The van der Waals surface area contributed by atoms with Crippen LogP contribution in [-0.4, -0.2) is 26.2 Å². The molecular weight excluding hydrogens is 945 g/mol. The maximum atomic E-state index is 13.7. The van der Waals surface area contributed by atoms with Gasteiger partial charge in [0.05, 0.1) is 25.3 Å². The van der Waals surface area contributed by atoms with Gasteiger partial charge in [0.25, 0.3) is 0 Å². The van der Waals surface area contributed by atoms with Gasteiger partial charge in [-0.1, -0.05) is 149 Å². The smallest absolute Gasteiger partial charge is 0.338 e. The fourth-order valence-electron chi connectivity index (χ4n) is 9.17. The fraction of sp³-hybridized carbons (Fsp3) is 0.125. The number of carbonyl (C=O) groups excluding carboxylic acids is 2. The van der Waals surface area contributed by atoms with Crippen LogP contribution in [0.3, 0.4) is 0 Å². The van der Waals surface area contributed by atoms with Gasteiger partial charge in [-0.3, -0.25) is 0 Å². The Balaban J connectivity index is 1.61. The molecule has 4 aliphatic carbocycles. The number of allylic oxidation sites excluding steroid dienone is 4. The quantitative estimate of drug-likeness (QED) is 0.0919. The molecule has 3 aromatic rings. The van der Waals surface area contributed by atoms with Gasteiger partial charge in [0.2, 0.25) is 0 Å². The summed E-state index contributed by atoms with van der Waals surface area (Å²) in [4.78, 5) is 27.3. The zero-order valence-electron chi connectivity index (χ0n) is 42.1. The topological polar surface area (TPSA) is 243 Å². The van der Waals surface area contributed by atoms with Crippen LogP contribution < -0.4 is 20.9 Å². The van der Waals surface area contributed by atoms with Crippen LogP contribution in [0, 0.1) is 90.6 Å². The minimum atomic E-state index is -0.629. The number of fused-ring (bicyclic) bond motifs is 2. The molecule has 0 N–H and O–H groups in total. The molecule has 0 aromatic heterocycles. The van der Waals surface area contributed by atoms with Gasteiger partial charge in [-0.15, -0.1) is 0 Å². The predicted octanol–water partition coefficient (Wildman–Crippen LogP) is 9.51. The van der Waals surface area contributed by atoms with E-state index in [0.717, 1.165) is 11.1 Å². The molecule has 0 aliphatic heterocycles. The van der Waals surface area contributed by atoms with Crippen LogP contribution >= 0.6 is 0 Å². The summed E-state index contributed by atoms with van der Waals surface area (Å²) in [5, 5.41) is 83.7. The Kier molecular flexibility index (Phi) is 15.9. The van der Waals surface area contributed by atoms with Gasteiger partial charge in [0.15, 0.2) is 0 Å². The van der Waals surface area contributed by atoms with Crippen molar-refractivity contribution in [1.82, 2.24) is 0 Å². The summed E-state index contributed by atoms with van der Waals surface area (Å²) in [7, 11) is 2.55. The molecule has 0 heterocycles. The lowest BCUT2D eigenvalue weighted by Gasteiger charge is -2.18. The molecule has 4 aliphatic rings. The lowest BCUT2D eigenvalue weighted by Crippen LogP contribution is -2.15. The first-order valence-corrected chi connectivity index (χ1v) is 23.6. The van der Waals surface area contributed by atoms with Crippen molar-refractivity contribution >= 4 is 45.4 Å². The van der Waals surface area contributed by atoms with E-state index in [-0.39, 0.29) is 56.4 Å². The molecule has 0 saturated heterocycles. The van der Waals surface area contributed by atoms with E-state index in [1.807, 2.05) is 101 Å². The predicted molar refractivity (Wildman–Crippen MR) is 285 cm³/mol. The average Bonchev–Trinajstić information content (AvgIpc) is 3.79. The second-order valence-corrected chi connectivity index (χ2v) is 17.9. The molecule has 0 bridgehead atoms. The SMILES string of the molecule is COC(=O)c1cc(C(C(=C(C#N)C#N)c2ccc(C(=C(C#N)C#N)C(c3cc(C(=O)OC)c4cc(C(C)C)cccc3-4)=c3ccc(=C(C#N)C#N)cc3)cc2)=c2ccc(=C(C#N)C#N)cc2)c2cccc(C(C)C)cc1-2. The van der Waals surface area contributed by atoms with Crippen LogP contribution in [0.25, 0.3) is 55.7 Å². The number of esters is 2. The average molecular weight is 987 g/mol. The number of ether oxygens (including phenoxy) is 2. The van der Waals surface area contributed by atoms with Crippen molar-refractivity contribution < 1.29 is 19.1 Å². The third-order valence-corrected chi connectivity index (χ3v) is 13.0. The van der Waals surface area contributed by atoms with Gasteiger partial charge in [-0.05, 0) is 101 Å². The van der Waals surface area contributed by atoms with Crippen LogP contribution in [0.1, 0.15) is 93.6 Å². The molecular formula is C64H42N8O4. The number of hydrogen-bond donors (Lipinski definition) is 0. The number of methoxy groups -OCH3 is 2. The van der Waals surface area contributed by atoms with Gasteiger partial charge < -0.3 is 9.47 Å². The molecule has 0 amide bonds. The first-order chi connectivity index (χ1) is 36.7. The van der Waals surface area contributed by atoms with Gasteiger partial charge in [-0.2, -0.15) is 42.1 Å². The summed E-state index contributed by atoms with van der Waals surface area (Å²) < 4.78 is 10.6. The lowest BCUT2D eigenvalue weighted by molar-refractivity contribution is 0.0593. The van der Waals surface area contributed by atoms with Crippen LogP contribution in [0.15, 0.2) is 145 Å². The number of nitriles is 8. The zero-order chi connectivity index (χ0) is 54.8. The Bertz CT molecular complexity index is 3830. The minimum absolute atomic E-state index is 0.0597. The van der Waals surface area contributed by atoms with Crippen molar-refractivity contribution in [3.05, 3.63) is 210 Å². The molecule has 3 aromatic carbocycles. The van der Waals surface area contributed by atoms with E-state index < -0.39 is 11.9 Å². The molecule has 0 radical (unpaired) electrons. The molecule has 0 saturated carbocycles. The molecule has 0 spiro atoms. The highest BCUT2D eigenvalue weighted by Crippen LogP contribution is 2.45. The Hall–Kier alpha value is -11.1. The Morgan fingerprint density at radius 3 is 0.974 bits per heavy atom. The summed E-state index contributed by atoms with van der Waals surface area (Å²) in [5.74, 6) is -1.14. The normalized spacial score (nSPS) is 10.2. The molecule has 0 atom stereocenters. The van der Waals surface area contributed by atoms with Crippen molar-refractivity contribution in [3.8, 4) is 70.8 Å². The second-order valence-electron chi connectivity index (χ2n) is 17.9. The Morgan fingerprint density at radius 2 is 0.697 bits per heavy atom. The maximum absolute atomic E-state index is 13.7. The highest BCUT2D eigenvalue weighted by molar-refractivity contribution is 6.16. The standard InChI is InChI=1S/C64H42N8O4/c1-37(2)45-9-7-11-51-53(25-45)57(63(73)75-5)27-55(51)61(43-17-13-39(14-18-43)47(29-65)30-66)59(49(33-69)34-70)41-21-23-42(24-22-41)60(50(35-71)36-72)62(44-19-15-40(16-20-44)48(31-67)32-68)56-28-58(64(74)76-6)54-26-46(38(3)4)10-8-12-52(54)56/h7-28,37-38H,1-6H3. The number of carbonyl (C=O) groups is 2. The van der Waals surface area contributed by atoms with E-state index in [0.29, 0.717) is 76.5 Å². The highest BCUT2D eigenvalue weighted by Gasteiger charge is 2.30. The molecule has 76 heavy (non-hydrogen) atoms. The molecule has 7 rings (SSSR count). The van der Waals surface area contributed by atoms with Crippen LogP contribution in [0.4, 0.5) is 0 Å². The van der Waals surface area contributed by atoms with Crippen LogP contribution in [-0.2, 0) is 9.47 Å². The van der Waals surface area contributed by atoms with Gasteiger partial charge in [0.1, 0.15) is 70.8 Å². The first kappa shape index (κ1) is 52.7. The summed E-state index contributed by atoms with van der Waals surface area (Å²) in [6.45, 7) is 8.07. The number of hydrogen-bond acceptors (Lipinski definition) is 12. The molecule has 362 valence electrons. The van der Waals surface area contributed by atoms with Crippen molar-refractivity contribution in [1.29, 1.82) is 42.1 Å². The molecule has 0 fully saturated rings. The van der Waals surface area contributed by atoms with Crippen molar-refractivity contribution in [2.75, 3.05) is 14.2 Å². The Labute approximate surface area is 439 Å². The van der Waals surface area contributed by atoms with Crippen LogP contribution in [0.5, 0.6) is 0 Å². The monoisotopic (exact) mass is 986 g/mol. The summed E-state index contributed by atoms with van der Waals surface area (Å²) in [5.41, 5.74) is 6.12. The summed E-state index contributed by atoms with van der Waals surface area (Å²) >= 11 is 0. The van der Waals surface area contributed by atoms with E-state index in [9.17, 15) is 51.7 Å². The number of nitrogens with zero attached hydrogens (tertiary/aromatic N) is 8. The van der Waals surface area contributed by atoms with Crippen molar-refractivity contribution in [2.45, 2.75) is 39.5 Å². The second kappa shape index (κ2) is 23.0. The van der Waals surface area contributed by atoms with Crippen LogP contribution in [0.2, 0.25) is 0 Å². The molecule has 12 heteroatoms. The van der Waals surface area contributed by atoms with E-state index in [1.54, 1.807) is 84.9 Å². The highest BCUT2D eigenvalue weighted by atomic mass is 16.5. The molecule has 0 unspecified atom stereocenters. The van der Waals surface area contributed by atoms with E-state index in [1.165, 1.54) is 14.2 Å². The Morgan fingerprint density at radius 1 is 0.382 bits per heavy atom. The van der Waals surface area contributed by atoms with Gasteiger partial charge in [0, 0.05) is 21.6 Å². The largest absolute Gasteiger partial charge is 0.465 e. The summed E-state index contributed by atoms with van der Waals surface area (Å²) in [6.07, 6.45) is 0. The lowest BCUT2D eigenvalue weighted by atomic mass is 9.84. The fourth-order valence-corrected chi connectivity index (χ4v) is 9.17.